The minimum atomic E-state index is -0.00225. The molecule has 0 fully saturated rings. The van der Waals surface area contributed by atoms with Crippen LogP contribution in [0.15, 0.2) is 182 Å². The molecule has 2 nitrogen and oxygen atoms in total. The summed E-state index contributed by atoms with van der Waals surface area (Å²) in [5.74, 6) is 0. The summed E-state index contributed by atoms with van der Waals surface area (Å²) in [5.41, 5.74) is 15.1. The van der Waals surface area contributed by atoms with Crippen molar-refractivity contribution in [1.82, 2.24) is 0 Å². The van der Waals surface area contributed by atoms with Gasteiger partial charge in [0.2, 0.25) is 0 Å². The normalized spacial score (nSPS) is 16.2. The fraction of sp³-hybridized carbons (Fsp3) is 0.0455. The van der Waals surface area contributed by atoms with Crippen molar-refractivity contribution < 1.29 is 0 Å². The van der Waals surface area contributed by atoms with Crippen LogP contribution in [-0.4, -0.2) is 0 Å². The second-order valence-electron chi connectivity index (χ2n) is 12.1. The molecule has 2 aliphatic heterocycles. The van der Waals surface area contributed by atoms with Crippen molar-refractivity contribution in [3.8, 4) is 22.3 Å². The molecule has 7 aromatic rings. The van der Waals surface area contributed by atoms with Gasteiger partial charge >= 0.3 is 0 Å². The van der Waals surface area contributed by atoms with Gasteiger partial charge in [0.1, 0.15) is 0 Å². The monoisotopic (exact) mass is 588 g/mol. The average molecular weight is 589 g/mol. The molecule has 218 valence electrons. The average Bonchev–Trinajstić information content (AvgIpc) is 3.14. The van der Waals surface area contributed by atoms with Crippen LogP contribution in [0.3, 0.4) is 0 Å². The molecule has 0 saturated carbocycles. The molecule has 2 atom stereocenters. The molecule has 0 saturated heterocycles. The molecule has 0 spiro atoms. The molecule has 2 aliphatic rings. The van der Waals surface area contributed by atoms with Gasteiger partial charge in [0.25, 0.3) is 0 Å². The molecule has 2 unspecified atom stereocenters. The van der Waals surface area contributed by atoms with Crippen molar-refractivity contribution in [1.29, 1.82) is 0 Å². The maximum atomic E-state index is 2.53. The predicted molar refractivity (Wildman–Crippen MR) is 191 cm³/mol. The fourth-order valence-electron chi connectivity index (χ4n) is 7.61. The standard InChI is InChI=1S/C44H32N2/c1-5-17-31(18-6-1)43-39-30-40-38(29-37(39)35-25-13-15-27-41(35)45(43)33-21-9-3-10-22-33)36-26-14-16-28-42(36)46(34-23-11-4-12-24-34)44(40)32-19-7-2-8-20-32/h1-30,43-44H. The van der Waals surface area contributed by atoms with Crippen LogP contribution in [0, 0.1) is 0 Å². The Balaban J connectivity index is 1.38. The summed E-state index contributed by atoms with van der Waals surface area (Å²) in [6, 6.07) is 66.5. The van der Waals surface area contributed by atoms with Gasteiger partial charge in [-0.1, -0.05) is 133 Å². The molecule has 0 N–H and O–H groups in total. The number of nitrogens with zero attached hydrogens (tertiary/aromatic N) is 2. The zero-order chi connectivity index (χ0) is 30.5. The molecular weight excluding hydrogens is 556 g/mol. The zero-order valence-electron chi connectivity index (χ0n) is 25.4. The predicted octanol–water partition coefficient (Wildman–Crippen LogP) is 11.5. The number of hydrogen-bond acceptors (Lipinski definition) is 2. The molecule has 0 bridgehead atoms. The smallest absolute Gasteiger partial charge is 0.0851 e. The van der Waals surface area contributed by atoms with Gasteiger partial charge in [-0.2, -0.15) is 0 Å². The van der Waals surface area contributed by atoms with E-state index in [-0.39, 0.29) is 12.1 Å². The molecule has 7 aromatic carbocycles. The van der Waals surface area contributed by atoms with Crippen LogP contribution in [0.5, 0.6) is 0 Å². The highest BCUT2D eigenvalue weighted by atomic mass is 15.2. The summed E-state index contributed by atoms with van der Waals surface area (Å²) in [7, 11) is 0. The van der Waals surface area contributed by atoms with Crippen molar-refractivity contribution in [2.75, 3.05) is 9.80 Å². The summed E-state index contributed by atoms with van der Waals surface area (Å²) in [6.07, 6.45) is 0. The van der Waals surface area contributed by atoms with Gasteiger partial charge in [0.15, 0.2) is 0 Å². The van der Waals surface area contributed by atoms with Gasteiger partial charge in [-0.15, -0.1) is 0 Å². The Morgan fingerprint density at radius 3 is 1.07 bits per heavy atom. The van der Waals surface area contributed by atoms with E-state index in [1.54, 1.807) is 0 Å². The number of benzene rings is 7. The van der Waals surface area contributed by atoms with Crippen LogP contribution in [0.25, 0.3) is 22.3 Å². The second-order valence-corrected chi connectivity index (χ2v) is 12.1. The Bertz CT molecular complexity index is 2000. The first kappa shape index (κ1) is 26.5. The molecule has 0 radical (unpaired) electrons. The van der Waals surface area contributed by atoms with Crippen LogP contribution >= 0.6 is 0 Å². The van der Waals surface area contributed by atoms with Gasteiger partial charge in [-0.05, 0) is 81.9 Å². The van der Waals surface area contributed by atoms with E-state index in [0.29, 0.717) is 0 Å². The van der Waals surface area contributed by atoms with Crippen molar-refractivity contribution in [3.05, 3.63) is 204 Å². The maximum Gasteiger partial charge on any atom is 0.0851 e. The number of anilines is 4. The lowest BCUT2D eigenvalue weighted by Gasteiger charge is -2.44. The SMILES string of the molecule is c1ccc(C2c3cc4c(cc3-c3ccccc3N2c2ccccc2)-c2ccccc2N(c2ccccc2)C4c2ccccc2)cc1. The third kappa shape index (κ3) is 4.18. The molecule has 9 rings (SSSR count). The summed E-state index contributed by atoms with van der Waals surface area (Å²) in [5, 5.41) is 0. The first-order chi connectivity index (χ1) is 22.9. The number of rotatable bonds is 4. The molecule has 2 heteroatoms. The van der Waals surface area contributed by atoms with E-state index >= 15 is 0 Å². The second kappa shape index (κ2) is 10.9. The fourth-order valence-corrected chi connectivity index (χ4v) is 7.61. The van der Waals surface area contributed by atoms with Gasteiger partial charge in [0.05, 0.1) is 12.1 Å². The minimum Gasteiger partial charge on any atom is -0.329 e. The summed E-state index contributed by atoms with van der Waals surface area (Å²) >= 11 is 0. The number of hydrogen-bond donors (Lipinski definition) is 0. The third-order valence-electron chi connectivity index (χ3n) is 9.53. The summed E-state index contributed by atoms with van der Waals surface area (Å²) < 4.78 is 0. The van der Waals surface area contributed by atoms with Crippen LogP contribution in [-0.2, 0) is 0 Å². The molecule has 46 heavy (non-hydrogen) atoms. The highest BCUT2D eigenvalue weighted by molar-refractivity contribution is 5.96. The Hall–Kier alpha value is -5.86. The highest BCUT2D eigenvalue weighted by Gasteiger charge is 2.38. The van der Waals surface area contributed by atoms with E-state index in [2.05, 4.69) is 192 Å². The van der Waals surface area contributed by atoms with Crippen LogP contribution in [0.1, 0.15) is 34.3 Å². The maximum absolute atomic E-state index is 2.53. The van der Waals surface area contributed by atoms with Gasteiger partial charge in [0, 0.05) is 33.9 Å². The molecule has 0 aromatic heterocycles. The lowest BCUT2D eigenvalue weighted by molar-refractivity contribution is 0.784. The van der Waals surface area contributed by atoms with Crippen LogP contribution in [0.2, 0.25) is 0 Å². The van der Waals surface area contributed by atoms with Crippen LogP contribution in [0.4, 0.5) is 22.7 Å². The Morgan fingerprint density at radius 2 is 0.652 bits per heavy atom. The van der Waals surface area contributed by atoms with Crippen molar-refractivity contribution in [2.24, 2.45) is 0 Å². The van der Waals surface area contributed by atoms with Gasteiger partial charge in [-0.3, -0.25) is 0 Å². The highest BCUT2D eigenvalue weighted by Crippen LogP contribution is 2.56. The summed E-state index contributed by atoms with van der Waals surface area (Å²) in [4.78, 5) is 5.06. The summed E-state index contributed by atoms with van der Waals surface area (Å²) in [6.45, 7) is 0. The molecule has 2 heterocycles. The minimum absolute atomic E-state index is 0.00225. The molecular formula is C44H32N2. The quantitative estimate of drug-likeness (QED) is 0.202. The van der Waals surface area contributed by atoms with Crippen molar-refractivity contribution >= 4 is 22.7 Å². The Labute approximate surface area is 270 Å². The molecule has 0 aliphatic carbocycles. The van der Waals surface area contributed by atoms with Gasteiger partial charge < -0.3 is 9.80 Å². The zero-order valence-corrected chi connectivity index (χ0v) is 25.4. The topological polar surface area (TPSA) is 6.48 Å². The van der Waals surface area contributed by atoms with E-state index in [1.165, 1.54) is 67.3 Å². The van der Waals surface area contributed by atoms with E-state index in [4.69, 9.17) is 0 Å². The number of para-hydroxylation sites is 4. The number of fused-ring (bicyclic) bond motifs is 6. The van der Waals surface area contributed by atoms with Gasteiger partial charge in [-0.25, -0.2) is 0 Å². The Kier molecular flexibility index (Phi) is 6.31. The lowest BCUT2D eigenvalue weighted by atomic mass is 9.77. The van der Waals surface area contributed by atoms with Crippen molar-refractivity contribution in [2.45, 2.75) is 12.1 Å². The van der Waals surface area contributed by atoms with Crippen LogP contribution < -0.4 is 9.80 Å². The van der Waals surface area contributed by atoms with E-state index in [0.717, 1.165) is 0 Å². The Morgan fingerprint density at radius 1 is 0.304 bits per heavy atom. The first-order valence-electron chi connectivity index (χ1n) is 16.0. The third-order valence-corrected chi connectivity index (χ3v) is 9.53. The van der Waals surface area contributed by atoms with E-state index < -0.39 is 0 Å². The molecule has 0 amide bonds. The van der Waals surface area contributed by atoms with E-state index in [1.807, 2.05) is 0 Å². The van der Waals surface area contributed by atoms with Crippen molar-refractivity contribution in [3.63, 3.8) is 0 Å². The van der Waals surface area contributed by atoms with E-state index in [9.17, 15) is 0 Å². The first-order valence-corrected chi connectivity index (χ1v) is 16.0. The lowest BCUT2D eigenvalue weighted by Crippen LogP contribution is -2.32. The largest absolute Gasteiger partial charge is 0.329 e.